The maximum absolute atomic E-state index is 12.1. The van der Waals surface area contributed by atoms with Crippen LogP contribution in [0.1, 0.15) is 18.9 Å². The Morgan fingerprint density at radius 3 is 2.78 bits per heavy atom. The molecule has 1 aromatic carbocycles. The quantitative estimate of drug-likeness (QED) is 0.854. The molecule has 0 bridgehead atoms. The summed E-state index contributed by atoms with van der Waals surface area (Å²) in [5.74, 6) is 0.0863. The molecule has 0 aliphatic carbocycles. The Bertz CT molecular complexity index is 673. The molecule has 18 heavy (non-hydrogen) atoms. The molecule has 1 aromatic heterocycles. The number of nitrogens with zero attached hydrogens (tertiary/aromatic N) is 1. The summed E-state index contributed by atoms with van der Waals surface area (Å²) in [4.78, 5) is 23.1. The predicted molar refractivity (Wildman–Crippen MR) is 73.2 cm³/mol. The molecule has 0 amide bonds. The van der Waals surface area contributed by atoms with Crippen LogP contribution in [0.2, 0.25) is 5.02 Å². The van der Waals surface area contributed by atoms with E-state index in [0.29, 0.717) is 23.4 Å². The summed E-state index contributed by atoms with van der Waals surface area (Å²) in [6, 6.07) is 7.35. The van der Waals surface area contributed by atoms with E-state index < -0.39 is 0 Å². The predicted octanol–water partition coefficient (Wildman–Crippen LogP) is 2.71. The first-order valence-corrected chi connectivity index (χ1v) is 6.15. The Morgan fingerprint density at radius 2 is 2.11 bits per heavy atom. The van der Waals surface area contributed by atoms with E-state index in [1.54, 1.807) is 17.7 Å². The van der Waals surface area contributed by atoms with Gasteiger partial charge < -0.3 is 9.36 Å². The van der Waals surface area contributed by atoms with Crippen molar-refractivity contribution in [3.8, 4) is 0 Å². The smallest absolute Gasteiger partial charge is 0.254 e. The highest BCUT2D eigenvalue weighted by molar-refractivity contribution is 6.35. The first-order valence-electron chi connectivity index (χ1n) is 5.77. The van der Waals surface area contributed by atoms with Gasteiger partial charge in [0.2, 0.25) is 0 Å². The van der Waals surface area contributed by atoms with Gasteiger partial charge in [0.15, 0.2) is 0 Å². The van der Waals surface area contributed by atoms with Gasteiger partial charge in [0.05, 0.1) is 10.5 Å². The number of halogens is 1. The van der Waals surface area contributed by atoms with Crippen LogP contribution in [0.15, 0.2) is 29.1 Å². The molecule has 0 atom stereocenters. The van der Waals surface area contributed by atoms with E-state index in [4.69, 9.17) is 11.6 Å². The maximum atomic E-state index is 12.1. The van der Waals surface area contributed by atoms with E-state index in [0.717, 1.165) is 10.9 Å². The Morgan fingerprint density at radius 1 is 1.39 bits per heavy atom. The second kappa shape index (κ2) is 4.94. The number of para-hydroxylation sites is 1. The number of carbonyl (C=O) groups excluding carboxylic acids is 1. The van der Waals surface area contributed by atoms with Crippen molar-refractivity contribution in [2.75, 3.05) is 0 Å². The van der Waals surface area contributed by atoms with Gasteiger partial charge in [-0.1, -0.05) is 23.7 Å². The molecule has 1 heterocycles. The molecule has 0 N–H and O–H groups in total. The fourth-order valence-corrected chi connectivity index (χ4v) is 2.37. The number of carbonyl (C=O) groups is 1. The molecule has 94 valence electrons. The van der Waals surface area contributed by atoms with Gasteiger partial charge in [-0.15, -0.1) is 0 Å². The van der Waals surface area contributed by atoms with Crippen molar-refractivity contribution in [1.82, 2.24) is 4.57 Å². The lowest BCUT2D eigenvalue weighted by Crippen LogP contribution is -2.21. The number of ketones is 1. The number of benzene rings is 1. The molecule has 0 radical (unpaired) electrons. The molecular weight excluding hydrogens is 250 g/mol. The Balaban J connectivity index is 2.61. The summed E-state index contributed by atoms with van der Waals surface area (Å²) in [5.41, 5.74) is 1.30. The van der Waals surface area contributed by atoms with Crippen molar-refractivity contribution in [2.45, 2.75) is 19.8 Å². The number of aryl methyl sites for hydroxylation is 2. The largest absolute Gasteiger partial charge is 0.310 e. The van der Waals surface area contributed by atoms with Crippen molar-refractivity contribution in [3.05, 3.63) is 45.2 Å². The summed E-state index contributed by atoms with van der Waals surface area (Å²) in [5, 5.41) is 1.48. The van der Waals surface area contributed by atoms with Crippen LogP contribution in [0, 0.1) is 0 Å². The lowest BCUT2D eigenvalue weighted by Gasteiger charge is -2.09. The highest BCUT2D eigenvalue weighted by Crippen LogP contribution is 2.22. The van der Waals surface area contributed by atoms with E-state index in [1.807, 2.05) is 18.2 Å². The van der Waals surface area contributed by atoms with E-state index >= 15 is 0 Å². The zero-order valence-corrected chi connectivity index (χ0v) is 11.1. The summed E-state index contributed by atoms with van der Waals surface area (Å²) in [7, 11) is 1.70. The average Bonchev–Trinajstić information content (AvgIpc) is 2.31. The van der Waals surface area contributed by atoms with Gasteiger partial charge in [-0.2, -0.15) is 0 Å². The standard InChI is InChI=1S/C14H14ClNO2/c1-9(17)6-7-11-8-10-4-3-5-12(15)13(10)16(2)14(11)18/h3-5,8H,6-7H2,1-2H3. The highest BCUT2D eigenvalue weighted by Gasteiger charge is 2.09. The molecular formula is C14H14ClNO2. The number of rotatable bonds is 3. The first kappa shape index (κ1) is 12.8. The Labute approximate surface area is 110 Å². The number of fused-ring (bicyclic) bond motifs is 1. The Hall–Kier alpha value is -1.61. The lowest BCUT2D eigenvalue weighted by molar-refractivity contribution is -0.116. The van der Waals surface area contributed by atoms with Crippen LogP contribution in [-0.2, 0) is 18.3 Å². The topological polar surface area (TPSA) is 39.1 Å². The van der Waals surface area contributed by atoms with Crippen molar-refractivity contribution in [3.63, 3.8) is 0 Å². The molecule has 0 aliphatic rings. The van der Waals surface area contributed by atoms with Crippen LogP contribution in [-0.4, -0.2) is 10.4 Å². The van der Waals surface area contributed by atoms with Gasteiger partial charge in [-0.05, 0) is 25.5 Å². The second-order valence-corrected chi connectivity index (χ2v) is 4.82. The molecule has 0 aliphatic heterocycles. The van der Waals surface area contributed by atoms with Crippen LogP contribution in [0.4, 0.5) is 0 Å². The molecule has 0 saturated carbocycles. The third-order valence-corrected chi connectivity index (χ3v) is 3.31. The van der Waals surface area contributed by atoms with Gasteiger partial charge in [-0.3, -0.25) is 4.79 Å². The fourth-order valence-electron chi connectivity index (χ4n) is 2.06. The summed E-state index contributed by atoms with van der Waals surface area (Å²) in [6.07, 6.45) is 0.867. The van der Waals surface area contributed by atoms with E-state index in [2.05, 4.69) is 0 Å². The van der Waals surface area contributed by atoms with Gasteiger partial charge in [0.25, 0.3) is 5.56 Å². The van der Waals surface area contributed by atoms with Gasteiger partial charge in [0.1, 0.15) is 5.78 Å². The van der Waals surface area contributed by atoms with Crippen LogP contribution in [0.3, 0.4) is 0 Å². The molecule has 3 nitrogen and oxygen atoms in total. The maximum Gasteiger partial charge on any atom is 0.254 e. The van der Waals surface area contributed by atoms with Crippen LogP contribution < -0.4 is 5.56 Å². The van der Waals surface area contributed by atoms with Crippen LogP contribution >= 0.6 is 11.6 Å². The van der Waals surface area contributed by atoms with Gasteiger partial charge >= 0.3 is 0 Å². The number of hydrogen-bond donors (Lipinski definition) is 0. The minimum atomic E-state index is -0.0862. The van der Waals surface area contributed by atoms with Gasteiger partial charge in [0, 0.05) is 24.4 Å². The van der Waals surface area contributed by atoms with Crippen molar-refractivity contribution >= 4 is 28.3 Å². The summed E-state index contributed by atoms with van der Waals surface area (Å²) < 4.78 is 1.55. The number of hydrogen-bond acceptors (Lipinski definition) is 2. The average molecular weight is 264 g/mol. The molecule has 0 saturated heterocycles. The number of pyridine rings is 1. The molecule has 0 fully saturated rings. The minimum Gasteiger partial charge on any atom is -0.310 e. The molecule has 4 heteroatoms. The monoisotopic (exact) mass is 263 g/mol. The number of Topliss-reactive ketones (excluding diaryl/α,β-unsaturated/α-hetero) is 1. The Kier molecular flexibility index (Phi) is 3.53. The highest BCUT2D eigenvalue weighted by atomic mass is 35.5. The second-order valence-electron chi connectivity index (χ2n) is 4.41. The SMILES string of the molecule is CC(=O)CCc1cc2cccc(Cl)c2n(C)c1=O. The lowest BCUT2D eigenvalue weighted by atomic mass is 10.1. The van der Waals surface area contributed by atoms with Crippen LogP contribution in [0.25, 0.3) is 10.9 Å². The third kappa shape index (κ3) is 2.31. The summed E-state index contributed by atoms with van der Waals surface area (Å²) in [6.45, 7) is 1.53. The normalized spacial score (nSPS) is 10.8. The molecule has 0 unspecified atom stereocenters. The first-order chi connectivity index (χ1) is 8.50. The van der Waals surface area contributed by atoms with Crippen molar-refractivity contribution in [2.24, 2.45) is 7.05 Å². The molecule has 2 aromatic rings. The van der Waals surface area contributed by atoms with E-state index in [-0.39, 0.29) is 11.3 Å². The van der Waals surface area contributed by atoms with E-state index in [1.165, 1.54) is 6.92 Å². The zero-order chi connectivity index (χ0) is 13.3. The third-order valence-electron chi connectivity index (χ3n) is 3.01. The van der Waals surface area contributed by atoms with Gasteiger partial charge in [-0.25, -0.2) is 0 Å². The van der Waals surface area contributed by atoms with Crippen molar-refractivity contribution < 1.29 is 4.79 Å². The molecule has 0 spiro atoms. The van der Waals surface area contributed by atoms with Crippen molar-refractivity contribution in [1.29, 1.82) is 0 Å². The van der Waals surface area contributed by atoms with Crippen LogP contribution in [0.5, 0.6) is 0 Å². The van der Waals surface area contributed by atoms with E-state index in [9.17, 15) is 9.59 Å². The molecule has 2 rings (SSSR count). The summed E-state index contributed by atoms with van der Waals surface area (Å²) >= 11 is 6.10. The zero-order valence-electron chi connectivity index (χ0n) is 10.4. The fraction of sp³-hybridized carbons (Fsp3) is 0.286. The number of aromatic nitrogens is 1. The minimum absolute atomic E-state index is 0.0862.